The maximum Gasteiger partial charge on any atom is 0.269 e. The Kier molecular flexibility index (Phi) is 6.70. The van der Waals surface area contributed by atoms with Gasteiger partial charge in [-0.2, -0.15) is 5.10 Å². The van der Waals surface area contributed by atoms with E-state index in [1.165, 1.54) is 12.1 Å². The first-order valence-electron chi connectivity index (χ1n) is 9.03. The molecule has 0 fully saturated rings. The number of hydrogen-bond donors (Lipinski definition) is 2. The van der Waals surface area contributed by atoms with Crippen molar-refractivity contribution in [1.29, 1.82) is 0 Å². The van der Waals surface area contributed by atoms with Crippen LogP contribution in [0.2, 0.25) is 0 Å². The first-order valence-corrected chi connectivity index (χ1v) is 9.44. The highest BCUT2D eigenvalue weighted by atomic mass is 32.1. The number of thiocarbonyl (C=S) groups is 1. The summed E-state index contributed by atoms with van der Waals surface area (Å²) in [4.78, 5) is 10.6. The molecule has 3 aromatic rings. The smallest absolute Gasteiger partial charge is 0.269 e. The SMILES string of the molecule is CCNC(=S)N/N=C\c1c(OCc2cccc([N+](=O)[O-])c2)ccc2ccccc12. The van der Waals surface area contributed by atoms with E-state index in [1.807, 2.05) is 43.3 Å². The number of hydrazone groups is 1. The van der Waals surface area contributed by atoms with Gasteiger partial charge in [0, 0.05) is 24.2 Å². The van der Waals surface area contributed by atoms with Crippen molar-refractivity contribution in [3.63, 3.8) is 0 Å². The highest BCUT2D eigenvalue weighted by molar-refractivity contribution is 7.80. The standard InChI is InChI=1S/C21H20N4O3S/c1-2-22-21(29)24-23-13-19-18-9-4-3-7-16(18)10-11-20(19)28-14-15-6-5-8-17(12-15)25(26)27/h3-13H,2,14H2,1H3,(H2,22,24,29)/b23-13-. The van der Waals surface area contributed by atoms with E-state index in [9.17, 15) is 10.1 Å². The second-order valence-corrected chi connectivity index (χ2v) is 6.55. The van der Waals surface area contributed by atoms with Gasteiger partial charge in [0.25, 0.3) is 5.69 Å². The predicted octanol–water partition coefficient (Wildman–Crippen LogP) is 4.14. The summed E-state index contributed by atoms with van der Waals surface area (Å²) in [5.41, 5.74) is 4.31. The van der Waals surface area contributed by atoms with Crippen molar-refractivity contribution in [3.05, 3.63) is 81.9 Å². The van der Waals surface area contributed by atoms with E-state index in [-0.39, 0.29) is 12.3 Å². The van der Waals surface area contributed by atoms with Crippen molar-refractivity contribution < 1.29 is 9.66 Å². The Hall–Kier alpha value is -3.52. The Bertz CT molecular complexity index is 1070. The topological polar surface area (TPSA) is 88.8 Å². The predicted molar refractivity (Wildman–Crippen MR) is 118 cm³/mol. The summed E-state index contributed by atoms with van der Waals surface area (Å²) < 4.78 is 5.98. The van der Waals surface area contributed by atoms with Crippen molar-refractivity contribution in [1.82, 2.24) is 10.7 Å². The number of nitro groups is 1. The van der Waals surface area contributed by atoms with E-state index in [0.717, 1.165) is 16.3 Å². The summed E-state index contributed by atoms with van der Waals surface area (Å²) >= 11 is 5.12. The number of nitro benzene ring substituents is 1. The molecule has 0 aliphatic carbocycles. The van der Waals surface area contributed by atoms with E-state index >= 15 is 0 Å². The molecular weight excluding hydrogens is 388 g/mol. The lowest BCUT2D eigenvalue weighted by molar-refractivity contribution is -0.384. The number of nitrogens with zero attached hydrogens (tertiary/aromatic N) is 2. The molecular formula is C21H20N4O3S. The molecule has 0 unspecified atom stereocenters. The summed E-state index contributed by atoms with van der Waals surface area (Å²) in [7, 11) is 0. The molecule has 2 N–H and O–H groups in total. The molecule has 3 rings (SSSR count). The second kappa shape index (κ2) is 9.61. The molecule has 0 atom stereocenters. The Morgan fingerprint density at radius 2 is 2.03 bits per heavy atom. The third kappa shape index (κ3) is 5.26. The lowest BCUT2D eigenvalue weighted by Crippen LogP contribution is -2.31. The van der Waals surface area contributed by atoms with E-state index in [2.05, 4.69) is 15.8 Å². The fraction of sp³-hybridized carbons (Fsp3) is 0.143. The highest BCUT2D eigenvalue weighted by Gasteiger charge is 2.10. The van der Waals surface area contributed by atoms with Crippen LogP contribution in [0.4, 0.5) is 5.69 Å². The van der Waals surface area contributed by atoms with E-state index in [1.54, 1.807) is 18.3 Å². The molecule has 0 bridgehead atoms. The van der Waals surface area contributed by atoms with Crippen LogP contribution >= 0.6 is 12.2 Å². The molecule has 0 spiro atoms. The molecule has 0 aliphatic rings. The average molecular weight is 408 g/mol. The number of ether oxygens (including phenoxy) is 1. The molecule has 148 valence electrons. The molecule has 0 aliphatic heterocycles. The number of hydrogen-bond acceptors (Lipinski definition) is 5. The Morgan fingerprint density at radius 1 is 1.21 bits per heavy atom. The van der Waals surface area contributed by atoms with E-state index < -0.39 is 4.92 Å². The first-order chi connectivity index (χ1) is 14.1. The molecule has 0 amide bonds. The fourth-order valence-corrected chi connectivity index (χ4v) is 3.01. The summed E-state index contributed by atoms with van der Waals surface area (Å²) in [5.74, 6) is 0.620. The van der Waals surface area contributed by atoms with Crippen LogP contribution in [0, 0.1) is 10.1 Å². The zero-order valence-corrected chi connectivity index (χ0v) is 16.6. The van der Waals surface area contributed by atoms with Gasteiger partial charge in [-0.25, -0.2) is 0 Å². The minimum Gasteiger partial charge on any atom is -0.488 e. The number of non-ortho nitro benzene ring substituents is 1. The van der Waals surface area contributed by atoms with Crippen molar-refractivity contribution >= 4 is 40.0 Å². The zero-order valence-electron chi connectivity index (χ0n) is 15.8. The van der Waals surface area contributed by atoms with Crippen molar-refractivity contribution in [2.24, 2.45) is 5.10 Å². The Labute approximate surface area is 173 Å². The van der Waals surface area contributed by atoms with Gasteiger partial charge in [0.2, 0.25) is 0 Å². The Morgan fingerprint density at radius 3 is 2.83 bits per heavy atom. The van der Waals surface area contributed by atoms with Crippen molar-refractivity contribution in [2.75, 3.05) is 6.54 Å². The van der Waals surface area contributed by atoms with Gasteiger partial charge in [-0.05, 0) is 41.5 Å². The minimum absolute atomic E-state index is 0.0348. The Balaban J connectivity index is 1.86. The normalized spacial score (nSPS) is 10.8. The quantitative estimate of drug-likeness (QED) is 0.264. The monoisotopic (exact) mass is 408 g/mol. The highest BCUT2D eigenvalue weighted by Crippen LogP contribution is 2.27. The van der Waals surface area contributed by atoms with Gasteiger partial charge in [0.05, 0.1) is 11.1 Å². The second-order valence-electron chi connectivity index (χ2n) is 6.14. The molecule has 29 heavy (non-hydrogen) atoms. The maximum absolute atomic E-state index is 11.0. The minimum atomic E-state index is -0.420. The van der Waals surface area contributed by atoms with Gasteiger partial charge >= 0.3 is 0 Å². The van der Waals surface area contributed by atoms with Crippen LogP contribution in [0.5, 0.6) is 5.75 Å². The maximum atomic E-state index is 11.0. The third-order valence-electron chi connectivity index (χ3n) is 4.14. The summed E-state index contributed by atoms with van der Waals surface area (Å²) in [6.07, 6.45) is 1.66. The van der Waals surface area contributed by atoms with E-state index in [0.29, 0.717) is 23.0 Å². The molecule has 0 heterocycles. The van der Waals surface area contributed by atoms with Crippen LogP contribution in [0.3, 0.4) is 0 Å². The molecule has 7 nitrogen and oxygen atoms in total. The van der Waals surface area contributed by atoms with Gasteiger partial charge < -0.3 is 10.1 Å². The third-order valence-corrected chi connectivity index (χ3v) is 4.38. The summed E-state index contributed by atoms with van der Waals surface area (Å²) in [5, 5.41) is 20.6. The molecule has 0 saturated carbocycles. The number of nitrogens with one attached hydrogen (secondary N) is 2. The fourth-order valence-electron chi connectivity index (χ4n) is 2.81. The summed E-state index contributed by atoms with van der Waals surface area (Å²) in [6.45, 7) is 2.85. The van der Waals surface area contributed by atoms with Crippen LogP contribution in [-0.2, 0) is 6.61 Å². The molecule has 0 saturated heterocycles. The van der Waals surface area contributed by atoms with Gasteiger partial charge in [-0.1, -0.05) is 42.5 Å². The average Bonchev–Trinajstić information content (AvgIpc) is 2.73. The van der Waals surface area contributed by atoms with Crippen LogP contribution in [0.25, 0.3) is 10.8 Å². The van der Waals surface area contributed by atoms with Crippen LogP contribution < -0.4 is 15.5 Å². The molecule has 0 radical (unpaired) electrons. The van der Waals surface area contributed by atoms with Crippen molar-refractivity contribution in [3.8, 4) is 5.75 Å². The first kappa shape index (κ1) is 20.2. The van der Waals surface area contributed by atoms with Crippen LogP contribution in [0.1, 0.15) is 18.1 Å². The molecule has 3 aromatic carbocycles. The van der Waals surface area contributed by atoms with Gasteiger partial charge in [0.15, 0.2) is 5.11 Å². The van der Waals surface area contributed by atoms with Crippen LogP contribution in [-0.4, -0.2) is 22.8 Å². The van der Waals surface area contributed by atoms with E-state index in [4.69, 9.17) is 17.0 Å². The molecule has 0 aromatic heterocycles. The van der Waals surface area contributed by atoms with Gasteiger partial charge in [-0.15, -0.1) is 0 Å². The van der Waals surface area contributed by atoms with Gasteiger partial charge in [0.1, 0.15) is 12.4 Å². The lowest BCUT2D eigenvalue weighted by atomic mass is 10.0. The number of benzene rings is 3. The number of fused-ring (bicyclic) bond motifs is 1. The number of rotatable bonds is 7. The van der Waals surface area contributed by atoms with Crippen molar-refractivity contribution in [2.45, 2.75) is 13.5 Å². The zero-order chi connectivity index (χ0) is 20.6. The largest absolute Gasteiger partial charge is 0.488 e. The molecule has 8 heteroatoms. The summed E-state index contributed by atoms with van der Waals surface area (Å²) in [6, 6.07) is 18.1. The van der Waals surface area contributed by atoms with Gasteiger partial charge in [-0.3, -0.25) is 15.5 Å². The lowest BCUT2D eigenvalue weighted by Gasteiger charge is -2.12. The van der Waals surface area contributed by atoms with Crippen LogP contribution in [0.15, 0.2) is 65.8 Å².